The van der Waals surface area contributed by atoms with E-state index < -0.39 is 0 Å². The molecule has 0 amide bonds. The molecule has 0 radical (unpaired) electrons. The van der Waals surface area contributed by atoms with Crippen LogP contribution in [0, 0.1) is 13.8 Å². The van der Waals surface area contributed by atoms with Gasteiger partial charge in [-0.2, -0.15) is 16.8 Å². The Hall–Kier alpha value is 0.631. The van der Waals surface area contributed by atoms with Crippen molar-refractivity contribution in [1.82, 2.24) is 0 Å². The van der Waals surface area contributed by atoms with Crippen LogP contribution in [-0.4, -0.2) is 9.52 Å². The first-order valence-electron chi connectivity index (χ1n) is 6.72. The fourth-order valence-electron chi connectivity index (χ4n) is 3.05. The summed E-state index contributed by atoms with van der Waals surface area (Å²) in [5, 5.41) is 2.19. The maximum Gasteiger partial charge on any atom is 4.00 e. The van der Waals surface area contributed by atoms with Crippen molar-refractivity contribution in [2.24, 2.45) is 0 Å². The number of rotatable bonds is 4. The summed E-state index contributed by atoms with van der Waals surface area (Å²) in [6.07, 6.45) is 13.2. The topological polar surface area (TPSA) is 0 Å². The van der Waals surface area contributed by atoms with Crippen molar-refractivity contribution in [3.63, 3.8) is 0 Å². The van der Waals surface area contributed by atoms with Crippen LogP contribution in [0.3, 0.4) is 0 Å². The molecule has 0 aromatic heterocycles. The molecule has 0 spiro atoms. The van der Waals surface area contributed by atoms with Gasteiger partial charge in [0.15, 0.2) is 0 Å². The summed E-state index contributed by atoms with van der Waals surface area (Å²) in [5.74, 6) is 0. The quantitative estimate of drug-likeness (QED) is 0.351. The van der Waals surface area contributed by atoms with Crippen LogP contribution in [0.5, 0.6) is 0 Å². The molecule has 1 unspecified atom stereocenters. The average Bonchev–Trinajstić information content (AvgIpc) is 2.59. The molecule has 1 aliphatic carbocycles. The van der Waals surface area contributed by atoms with Gasteiger partial charge >= 0.3 is 21.7 Å². The van der Waals surface area contributed by atoms with Crippen molar-refractivity contribution in [1.29, 1.82) is 0 Å². The van der Waals surface area contributed by atoms with Crippen LogP contribution < -0.4 is 42.4 Å². The number of allylic oxidation sites excluding steroid dienone is 4. The zero-order valence-electron chi connectivity index (χ0n) is 12.9. The average molecular weight is 398 g/mol. The first-order chi connectivity index (χ1) is 8.15. The van der Waals surface area contributed by atoms with Crippen molar-refractivity contribution >= 4 is 14.7 Å². The minimum atomic E-state index is -0.221. The van der Waals surface area contributed by atoms with Crippen molar-refractivity contribution in [3.05, 3.63) is 47.6 Å². The van der Waals surface area contributed by atoms with E-state index in [9.17, 15) is 0 Å². The van der Waals surface area contributed by atoms with Crippen molar-refractivity contribution in [2.45, 2.75) is 45.1 Å². The van der Waals surface area contributed by atoms with E-state index in [0.29, 0.717) is 5.04 Å². The summed E-state index contributed by atoms with van der Waals surface area (Å²) in [4.78, 5) is 0. The molecule has 1 atom stereocenters. The summed E-state index contributed by atoms with van der Waals surface area (Å²) in [6.45, 7) is 6.80. The Kier molecular flexibility index (Phi) is 15.3. The normalized spacial score (nSPS) is 19.4. The molecule has 0 N–H and O–H groups in total. The third kappa shape index (κ3) is 7.16. The Balaban J connectivity index is -0.000000810. The zero-order chi connectivity index (χ0) is 12.3. The van der Waals surface area contributed by atoms with E-state index in [4.69, 9.17) is 0 Å². The molecule has 0 nitrogen and oxygen atoms in total. The second-order valence-corrected chi connectivity index (χ2v) is 8.05. The van der Waals surface area contributed by atoms with Gasteiger partial charge in [-0.25, -0.2) is 11.6 Å². The minimum absolute atomic E-state index is 0. The third-order valence-electron chi connectivity index (χ3n) is 3.86. The number of aryl methyl sites for hydroxylation is 2. The van der Waals surface area contributed by atoms with Gasteiger partial charge in [0, 0.05) is 9.52 Å². The molecule has 1 aliphatic rings. The van der Waals surface area contributed by atoms with Gasteiger partial charge in [-0.15, -0.1) is 0 Å². The molecular formula is C16H23Cl3SiTi. The van der Waals surface area contributed by atoms with E-state index in [1.54, 1.807) is 5.19 Å². The maximum atomic E-state index is 2.49. The molecule has 5 heteroatoms. The summed E-state index contributed by atoms with van der Waals surface area (Å²) in [6, 6.07) is 4.76. The smallest absolute Gasteiger partial charge is 1.00 e. The van der Waals surface area contributed by atoms with Crippen LogP contribution in [0.1, 0.15) is 37.3 Å². The van der Waals surface area contributed by atoms with Crippen LogP contribution in [0.25, 0.3) is 0 Å². The Morgan fingerprint density at radius 3 is 2.29 bits per heavy atom. The van der Waals surface area contributed by atoms with E-state index in [1.165, 1.54) is 30.4 Å². The van der Waals surface area contributed by atoms with Gasteiger partial charge in [0.25, 0.3) is 0 Å². The maximum absolute atomic E-state index is 2.49. The largest absolute Gasteiger partial charge is 4.00 e. The third-order valence-corrected chi connectivity index (χ3v) is 6.59. The standard InChI is InChI=1S/C16H23Si.3ClH.Ti/c1-4-8-16(9-6-5-7-10-16)17-15-12-13(2)11-14(15)3;;;;/h5-7,9,11-12H,4,8,10,17H2,1-3H3;3*1H;/q-1;;;;+4/p-3. The monoisotopic (exact) mass is 396 g/mol. The molecule has 1 aromatic rings. The number of hydrogen-bond acceptors (Lipinski definition) is 0. The van der Waals surface area contributed by atoms with E-state index >= 15 is 0 Å². The van der Waals surface area contributed by atoms with E-state index in [2.05, 4.69) is 57.2 Å². The summed E-state index contributed by atoms with van der Waals surface area (Å²) < 4.78 is 0. The van der Waals surface area contributed by atoms with Gasteiger partial charge in [-0.1, -0.05) is 51.5 Å². The van der Waals surface area contributed by atoms with Gasteiger partial charge in [-0.05, 0) is 17.9 Å². The summed E-state index contributed by atoms with van der Waals surface area (Å²) in [7, 11) is -0.221. The molecule has 2 rings (SSSR count). The first-order valence-corrected chi connectivity index (χ1v) is 8.14. The van der Waals surface area contributed by atoms with Gasteiger partial charge < -0.3 is 37.2 Å². The van der Waals surface area contributed by atoms with Crippen LogP contribution >= 0.6 is 0 Å². The Morgan fingerprint density at radius 1 is 1.19 bits per heavy atom. The van der Waals surface area contributed by atoms with Crippen LogP contribution in [0.2, 0.25) is 5.04 Å². The predicted octanol–water partition coefficient (Wildman–Crippen LogP) is -5.70. The summed E-state index contributed by atoms with van der Waals surface area (Å²) in [5.41, 5.74) is 2.96. The molecule has 1 aromatic carbocycles. The van der Waals surface area contributed by atoms with E-state index in [1.807, 2.05) is 0 Å². The molecule has 116 valence electrons. The van der Waals surface area contributed by atoms with Gasteiger partial charge in [0.2, 0.25) is 0 Å². The first kappa shape index (κ1) is 26.5. The van der Waals surface area contributed by atoms with Gasteiger partial charge in [-0.3, -0.25) is 0 Å². The molecule has 0 saturated carbocycles. The van der Waals surface area contributed by atoms with Crippen LogP contribution in [-0.2, 0) is 21.7 Å². The predicted molar refractivity (Wildman–Crippen MR) is 80.2 cm³/mol. The zero-order valence-corrected chi connectivity index (χ0v) is 18.2. The van der Waals surface area contributed by atoms with Crippen molar-refractivity contribution in [3.8, 4) is 0 Å². The van der Waals surface area contributed by atoms with Gasteiger partial charge in [0.1, 0.15) is 0 Å². The molecule has 0 saturated heterocycles. The second kappa shape index (κ2) is 12.1. The fourth-order valence-corrected chi connectivity index (χ4v) is 5.70. The van der Waals surface area contributed by atoms with Crippen molar-refractivity contribution < 1.29 is 58.9 Å². The second-order valence-electron chi connectivity index (χ2n) is 5.52. The number of halogens is 3. The van der Waals surface area contributed by atoms with Crippen molar-refractivity contribution in [2.75, 3.05) is 0 Å². The van der Waals surface area contributed by atoms with E-state index in [-0.39, 0.29) is 68.5 Å². The van der Waals surface area contributed by atoms with Crippen LogP contribution in [0.15, 0.2) is 36.4 Å². The Bertz CT molecular complexity index is 454. The molecule has 0 aliphatic heterocycles. The van der Waals surface area contributed by atoms with Gasteiger partial charge in [0.05, 0.1) is 0 Å². The molecular weight excluding hydrogens is 374 g/mol. The molecule has 0 bridgehead atoms. The number of hydrogen-bond donors (Lipinski definition) is 0. The Morgan fingerprint density at radius 2 is 1.86 bits per heavy atom. The molecule has 0 fully saturated rings. The fraction of sp³-hybridized carbons (Fsp3) is 0.438. The summed E-state index contributed by atoms with van der Waals surface area (Å²) >= 11 is 0. The van der Waals surface area contributed by atoms with Crippen LogP contribution in [0.4, 0.5) is 0 Å². The molecule has 0 heterocycles. The Labute approximate surface area is 165 Å². The SMILES string of the molecule is CCCC1([SiH2][c-]2cc(C)cc2C)C=CC=CC1.[Cl-].[Cl-].[Cl-].[Ti+4]. The minimum Gasteiger partial charge on any atom is -1.00 e. The molecule has 21 heavy (non-hydrogen) atoms. The van der Waals surface area contributed by atoms with E-state index in [0.717, 1.165) is 0 Å².